The molecule has 0 spiro atoms. The van der Waals surface area contributed by atoms with Crippen molar-refractivity contribution in [3.8, 4) is 5.75 Å². The maximum atomic E-state index is 13.0. The molecule has 1 amide bonds. The van der Waals surface area contributed by atoms with E-state index in [9.17, 15) is 14.7 Å². The largest absolute Gasteiger partial charge is 0.497 e. The number of nitrogens with zero attached hydrogens (tertiary/aromatic N) is 1. The normalized spacial score (nSPS) is 21.0. The van der Waals surface area contributed by atoms with E-state index < -0.39 is 11.9 Å². The Bertz CT molecular complexity index is 798. The molecule has 0 aliphatic carbocycles. The number of hydrogen-bond acceptors (Lipinski definition) is 4. The number of carboxylic acid groups (broad SMARTS) is 1. The molecule has 3 rings (SSSR count). The van der Waals surface area contributed by atoms with E-state index in [1.54, 1.807) is 12.0 Å². The molecule has 6 heteroatoms. The lowest BCUT2D eigenvalue weighted by Gasteiger charge is -2.37. The molecule has 0 saturated carbocycles. The van der Waals surface area contributed by atoms with Crippen molar-refractivity contribution in [3.05, 3.63) is 28.6 Å². The van der Waals surface area contributed by atoms with Crippen LogP contribution in [0, 0.1) is 12.8 Å². The van der Waals surface area contributed by atoms with Crippen LogP contribution in [0.3, 0.4) is 0 Å². The summed E-state index contributed by atoms with van der Waals surface area (Å²) >= 11 is 1.46. The second-order valence-corrected chi connectivity index (χ2v) is 7.30. The summed E-state index contributed by atoms with van der Waals surface area (Å²) in [6.07, 6.45) is 1.35. The predicted molar refractivity (Wildman–Crippen MR) is 94.0 cm³/mol. The van der Waals surface area contributed by atoms with Gasteiger partial charge in [0, 0.05) is 17.3 Å². The standard InChI is InChI=1S/C18H21NO4S/c1-10-14-9-12(23-3)6-7-15(14)24-16(10)17(20)19-8-4-5-13(11(19)2)18(21)22/h6-7,9,11,13H,4-5,8H2,1-3H3,(H,21,22)/t11-,13-/m0/s1. The summed E-state index contributed by atoms with van der Waals surface area (Å²) in [5, 5.41) is 10.4. The first-order valence-electron chi connectivity index (χ1n) is 8.05. The summed E-state index contributed by atoms with van der Waals surface area (Å²) in [6, 6.07) is 5.50. The number of carboxylic acids is 1. The molecule has 0 bridgehead atoms. The van der Waals surface area contributed by atoms with Crippen LogP contribution in [-0.2, 0) is 4.79 Å². The van der Waals surface area contributed by atoms with E-state index in [0.717, 1.165) is 27.8 Å². The molecule has 1 saturated heterocycles. The Labute approximate surface area is 144 Å². The first-order chi connectivity index (χ1) is 11.4. The number of carbonyl (C=O) groups excluding carboxylic acids is 1. The van der Waals surface area contributed by atoms with Crippen molar-refractivity contribution in [2.75, 3.05) is 13.7 Å². The number of aliphatic carboxylic acids is 1. The molecule has 1 aliphatic rings. The fourth-order valence-corrected chi connectivity index (χ4v) is 4.57. The molecule has 128 valence electrons. The molecule has 24 heavy (non-hydrogen) atoms. The van der Waals surface area contributed by atoms with Gasteiger partial charge in [0.05, 0.1) is 17.9 Å². The van der Waals surface area contributed by atoms with E-state index >= 15 is 0 Å². The number of benzene rings is 1. The number of carbonyl (C=O) groups is 2. The van der Waals surface area contributed by atoms with E-state index in [-0.39, 0.29) is 11.9 Å². The van der Waals surface area contributed by atoms with Crippen molar-refractivity contribution in [2.45, 2.75) is 32.7 Å². The van der Waals surface area contributed by atoms with E-state index in [0.29, 0.717) is 17.8 Å². The number of hydrogen-bond donors (Lipinski definition) is 1. The minimum atomic E-state index is -0.821. The van der Waals surface area contributed by atoms with Gasteiger partial charge in [-0.25, -0.2) is 0 Å². The van der Waals surface area contributed by atoms with Gasteiger partial charge in [-0.15, -0.1) is 11.3 Å². The number of piperidine rings is 1. The molecule has 0 unspecified atom stereocenters. The monoisotopic (exact) mass is 347 g/mol. The summed E-state index contributed by atoms with van der Waals surface area (Å²) in [5.41, 5.74) is 0.934. The first-order valence-corrected chi connectivity index (χ1v) is 8.86. The minimum Gasteiger partial charge on any atom is -0.497 e. The molecule has 2 aromatic rings. The van der Waals surface area contributed by atoms with Gasteiger partial charge in [-0.05, 0) is 55.8 Å². The summed E-state index contributed by atoms with van der Waals surface area (Å²) in [4.78, 5) is 26.8. The molecule has 2 atom stereocenters. The van der Waals surface area contributed by atoms with Crippen LogP contribution in [0.4, 0.5) is 0 Å². The minimum absolute atomic E-state index is 0.0638. The second kappa shape index (κ2) is 6.43. The van der Waals surface area contributed by atoms with Gasteiger partial charge in [-0.1, -0.05) is 0 Å². The highest BCUT2D eigenvalue weighted by Crippen LogP contribution is 2.35. The highest BCUT2D eigenvalue weighted by atomic mass is 32.1. The zero-order valence-corrected chi connectivity index (χ0v) is 14.9. The van der Waals surface area contributed by atoms with Gasteiger partial charge in [0.2, 0.25) is 0 Å². The summed E-state index contributed by atoms with van der Waals surface area (Å²) < 4.78 is 6.30. The zero-order chi connectivity index (χ0) is 17.4. The lowest BCUT2D eigenvalue weighted by molar-refractivity contribution is -0.144. The van der Waals surface area contributed by atoms with E-state index in [1.165, 1.54) is 11.3 Å². The Hall–Kier alpha value is -2.08. The number of likely N-dealkylation sites (tertiary alicyclic amines) is 1. The molecule has 1 aliphatic heterocycles. The van der Waals surface area contributed by atoms with Crippen molar-refractivity contribution >= 4 is 33.3 Å². The maximum absolute atomic E-state index is 13.0. The fourth-order valence-electron chi connectivity index (χ4n) is 3.42. The van der Waals surface area contributed by atoms with Crippen LogP contribution in [0.1, 0.15) is 35.0 Å². The molecule has 1 aromatic heterocycles. The zero-order valence-electron chi connectivity index (χ0n) is 14.0. The lowest BCUT2D eigenvalue weighted by atomic mass is 9.90. The van der Waals surface area contributed by atoms with Crippen LogP contribution in [0.5, 0.6) is 5.75 Å². The second-order valence-electron chi connectivity index (χ2n) is 6.24. The molecule has 2 heterocycles. The third-order valence-corrected chi connectivity index (χ3v) is 6.16. The molecule has 1 fully saturated rings. The molecule has 1 N–H and O–H groups in total. The van der Waals surface area contributed by atoms with Crippen LogP contribution in [0.2, 0.25) is 0 Å². The SMILES string of the molecule is COc1ccc2sc(C(=O)N3CCC[C@H](C(=O)O)[C@@H]3C)c(C)c2c1. The number of rotatable bonds is 3. The van der Waals surface area contributed by atoms with Gasteiger partial charge in [0.25, 0.3) is 5.91 Å². The summed E-state index contributed by atoms with van der Waals surface area (Å²) in [7, 11) is 1.62. The Kier molecular flexibility index (Phi) is 4.49. The maximum Gasteiger partial charge on any atom is 0.308 e. The molecular formula is C18H21NO4S. The predicted octanol–water partition coefficient (Wildman–Crippen LogP) is 3.54. The third-order valence-electron chi connectivity index (χ3n) is 4.90. The highest BCUT2D eigenvalue weighted by molar-refractivity contribution is 7.21. The van der Waals surface area contributed by atoms with Crippen LogP contribution in [0.15, 0.2) is 18.2 Å². The Balaban J connectivity index is 1.96. The molecular weight excluding hydrogens is 326 g/mol. The van der Waals surface area contributed by atoms with E-state index in [1.807, 2.05) is 32.0 Å². The van der Waals surface area contributed by atoms with Crippen molar-refractivity contribution < 1.29 is 19.4 Å². The van der Waals surface area contributed by atoms with Crippen LogP contribution < -0.4 is 4.74 Å². The smallest absolute Gasteiger partial charge is 0.308 e. The fraction of sp³-hybridized carbons (Fsp3) is 0.444. The molecule has 1 aromatic carbocycles. The third kappa shape index (κ3) is 2.75. The van der Waals surface area contributed by atoms with Gasteiger partial charge in [-0.2, -0.15) is 0 Å². The van der Waals surface area contributed by atoms with Crippen molar-refractivity contribution in [2.24, 2.45) is 5.92 Å². The van der Waals surface area contributed by atoms with Crippen LogP contribution in [-0.4, -0.2) is 41.6 Å². The highest BCUT2D eigenvalue weighted by Gasteiger charge is 2.36. The Morgan fingerprint density at radius 1 is 1.38 bits per heavy atom. The van der Waals surface area contributed by atoms with E-state index in [4.69, 9.17) is 4.74 Å². The summed E-state index contributed by atoms with van der Waals surface area (Å²) in [5.74, 6) is -0.610. The summed E-state index contributed by atoms with van der Waals surface area (Å²) in [6.45, 7) is 4.39. The average Bonchev–Trinajstić information content (AvgIpc) is 2.90. The van der Waals surface area contributed by atoms with E-state index in [2.05, 4.69) is 0 Å². The average molecular weight is 347 g/mol. The van der Waals surface area contributed by atoms with Gasteiger partial charge < -0.3 is 14.7 Å². The number of aryl methyl sites for hydroxylation is 1. The first kappa shape index (κ1) is 16.8. The molecule has 5 nitrogen and oxygen atoms in total. The van der Waals surface area contributed by atoms with Crippen molar-refractivity contribution in [3.63, 3.8) is 0 Å². The van der Waals surface area contributed by atoms with Crippen LogP contribution in [0.25, 0.3) is 10.1 Å². The topological polar surface area (TPSA) is 66.8 Å². The number of methoxy groups -OCH3 is 1. The van der Waals surface area contributed by atoms with Crippen molar-refractivity contribution in [1.29, 1.82) is 0 Å². The molecule has 0 radical (unpaired) electrons. The quantitative estimate of drug-likeness (QED) is 0.922. The Morgan fingerprint density at radius 2 is 2.12 bits per heavy atom. The number of amides is 1. The van der Waals surface area contributed by atoms with Gasteiger partial charge in [0.15, 0.2) is 0 Å². The van der Waals surface area contributed by atoms with Crippen LogP contribution >= 0.6 is 11.3 Å². The Morgan fingerprint density at radius 3 is 2.79 bits per heavy atom. The van der Waals surface area contributed by atoms with Crippen molar-refractivity contribution in [1.82, 2.24) is 4.90 Å². The number of ether oxygens (including phenoxy) is 1. The lowest BCUT2D eigenvalue weighted by Crippen LogP contribution is -2.49. The van der Waals surface area contributed by atoms with Gasteiger partial charge in [-0.3, -0.25) is 9.59 Å². The number of fused-ring (bicyclic) bond motifs is 1. The van der Waals surface area contributed by atoms with Gasteiger partial charge in [0.1, 0.15) is 5.75 Å². The number of thiophene rings is 1. The van der Waals surface area contributed by atoms with Gasteiger partial charge >= 0.3 is 5.97 Å².